The predicted octanol–water partition coefficient (Wildman–Crippen LogP) is 1.57. The number of aryl methyl sites for hydroxylation is 1. The lowest BCUT2D eigenvalue weighted by Crippen LogP contribution is -2.42. The lowest BCUT2D eigenvalue weighted by Gasteiger charge is -2.11. The number of hydrazine groups is 1. The summed E-state index contributed by atoms with van der Waals surface area (Å²) < 4.78 is 24.2. The Bertz CT molecular complexity index is 758. The summed E-state index contributed by atoms with van der Waals surface area (Å²) in [6, 6.07) is 3.55. The van der Waals surface area contributed by atoms with E-state index in [0.29, 0.717) is 5.56 Å². The maximum absolute atomic E-state index is 12.1. The Morgan fingerprint density at radius 3 is 2.78 bits per heavy atom. The number of hydrogen-bond donors (Lipinski definition) is 2. The van der Waals surface area contributed by atoms with E-state index < -0.39 is 20.9 Å². The average Bonchev–Trinajstić information content (AvgIpc) is 2.98. The van der Waals surface area contributed by atoms with E-state index >= 15 is 0 Å². The van der Waals surface area contributed by atoms with Crippen LogP contribution in [0.4, 0.5) is 5.69 Å². The minimum absolute atomic E-state index is 0.111. The van der Waals surface area contributed by atoms with Crippen molar-refractivity contribution >= 4 is 21.6 Å². The molecule has 0 saturated heterocycles. The lowest BCUT2D eigenvalue weighted by molar-refractivity contribution is -0.385. The molecule has 0 bridgehead atoms. The fraction of sp³-hybridized carbons (Fsp3) is 0.357. The van der Waals surface area contributed by atoms with E-state index in [9.17, 15) is 23.3 Å². The Hall–Kier alpha value is -2.26. The number of rotatable bonds is 6. The number of nitrogens with zero attached hydrogens (tertiary/aromatic N) is 1. The number of hydrogen-bond acceptors (Lipinski definition) is 5. The van der Waals surface area contributed by atoms with E-state index in [-0.39, 0.29) is 22.9 Å². The minimum atomic E-state index is -4.07. The first-order valence-corrected chi connectivity index (χ1v) is 8.50. The van der Waals surface area contributed by atoms with Crippen molar-refractivity contribution in [3.63, 3.8) is 0 Å². The first-order chi connectivity index (χ1) is 10.8. The Morgan fingerprint density at radius 2 is 2.17 bits per heavy atom. The van der Waals surface area contributed by atoms with E-state index in [1.807, 2.05) is 17.0 Å². The molecule has 0 aromatic heterocycles. The number of nitro benzene ring substituents is 1. The van der Waals surface area contributed by atoms with Gasteiger partial charge in [-0.25, -0.2) is 8.42 Å². The molecule has 0 spiro atoms. The van der Waals surface area contributed by atoms with Gasteiger partial charge in [0.2, 0.25) is 5.91 Å². The molecule has 9 heteroatoms. The van der Waals surface area contributed by atoms with Gasteiger partial charge in [-0.1, -0.05) is 18.2 Å². The second kappa shape index (κ2) is 6.88. The van der Waals surface area contributed by atoms with Crippen LogP contribution in [0.2, 0.25) is 0 Å². The van der Waals surface area contributed by atoms with Gasteiger partial charge < -0.3 is 0 Å². The van der Waals surface area contributed by atoms with Crippen LogP contribution < -0.4 is 10.3 Å². The molecule has 2 rings (SSSR count). The standard InChI is InChI=1S/C14H17N3O5S/c1-10-6-7-12(9-13(10)17(19)20)23(21,22)16-15-14(18)8-11-4-2-3-5-11/h2,4,6-7,9,11,16H,3,5,8H2,1H3,(H,15,18)/t11-/m0/s1. The van der Waals surface area contributed by atoms with Crippen molar-refractivity contribution in [2.75, 3.05) is 0 Å². The predicted molar refractivity (Wildman–Crippen MR) is 82.8 cm³/mol. The van der Waals surface area contributed by atoms with Gasteiger partial charge in [0.25, 0.3) is 15.7 Å². The summed E-state index contributed by atoms with van der Waals surface area (Å²) in [5.41, 5.74) is 2.19. The molecule has 8 nitrogen and oxygen atoms in total. The van der Waals surface area contributed by atoms with Gasteiger partial charge in [0.05, 0.1) is 9.82 Å². The van der Waals surface area contributed by atoms with E-state index in [2.05, 4.69) is 5.43 Å². The molecule has 23 heavy (non-hydrogen) atoms. The Labute approximate surface area is 133 Å². The topological polar surface area (TPSA) is 118 Å². The quantitative estimate of drug-likeness (QED) is 0.463. The molecule has 0 aliphatic heterocycles. The van der Waals surface area contributed by atoms with Crippen molar-refractivity contribution < 1.29 is 18.1 Å². The highest BCUT2D eigenvalue weighted by Crippen LogP contribution is 2.22. The molecule has 124 valence electrons. The summed E-state index contributed by atoms with van der Waals surface area (Å²) in [5, 5.41) is 10.9. The third kappa shape index (κ3) is 4.36. The van der Waals surface area contributed by atoms with Gasteiger partial charge in [-0.3, -0.25) is 20.3 Å². The highest BCUT2D eigenvalue weighted by Gasteiger charge is 2.21. The molecule has 1 aliphatic rings. The largest absolute Gasteiger partial charge is 0.278 e. The molecule has 0 heterocycles. The van der Waals surface area contributed by atoms with E-state index in [1.54, 1.807) is 0 Å². The summed E-state index contributed by atoms with van der Waals surface area (Å²) in [7, 11) is -4.07. The monoisotopic (exact) mass is 339 g/mol. The SMILES string of the molecule is Cc1ccc(S(=O)(=O)NNC(=O)C[C@H]2C=CCC2)cc1[N+](=O)[O-]. The van der Waals surface area contributed by atoms with Gasteiger partial charge in [0.1, 0.15) is 0 Å². The van der Waals surface area contributed by atoms with Gasteiger partial charge in [-0.15, -0.1) is 4.83 Å². The number of nitro groups is 1. The molecule has 0 fully saturated rings. The van der Waals surface area contributed by atoms with Gasteiger partial charge in [-0.05, 0) is 31.7 Å². The lowest BCUT2D eigenvalue weighted by atomic mass is 10.1. The number of carbonyl (C=O) groups is 1. The van der Waals surface area contributed by atoms with Crippen LogP contribution in [0.15, 0.2) is 35.2 Å². The molecular formula is C14H17N3O5S. The number of nitrogens with one attached hydrogen (secondary N) is 2. The number of benzene rings is 1. The van der Waals surface area contributed by atoms with Crippen molar-refractivity contribution in [1.82, 2.24) is 10.3 Å². The van der Waals surface area contributed by atoms with Crippen molar-refractivity contribution in [1.29, 1.82) is 0 Å². The Kier molecular flexibility index (Phi) is 5.12. The number of sulfonamides is 1. The van der Waals surface area contributed by atoms with Crippen LogP contribution in [0.3, 0.4) is 0 Å². The number of amides is 1. The molecule has 2 N–H and O–H groups in total. The van der Waals surface area contributed by atoms with Crippen molar-refractivity contribution in [3.05, 3.63) is 46.0 Å². The van der Waals surface area contributed by atoms with Crippen molar-refractivity contribution in [2.45, 2.75) is 31.1 Å². The van der Waals surface area contributed by atoms with Crippen LogP contribution in [-0.2, 0) is 14.8 Å². The van der Waals surface area contributed by atoms with Gasteiger partial charge >= 0.3 is 0 Å². The van der Waals surface area contributed by atoms with Gasteiger partial charge in [0, 0.05) is 18.1 Å². The van der Waals surface area contributed by atoms with E-state index in [4.69, 9.17) is 0 Å². The second-order valence-electron chi connectivity index (χ2n) is 5.33. The van der Waals surface area contributed by atoms with Crippen LogP contribution in [0.25, 0.3) is 0 Å². The summed E-state index contributed by atoms with van der Waals surface area (Å²) in [4.78, 5) is 23.6. The zero-order chi connectivity index (χ0) is 17.0. The number of carbonyl (C=O) groups excluding carboxylic acids is 1. The normalized spacial score (nSPS) is 17.2. The molecule has 1 aliphatic carbocycles. The van der Waals surface area contributed by atoms with E-state index in [1.165, 1.54) is 19.1 Å². The third-order valence-electron chi connectivity index (χ3n) is 3.57. The number of allylic oxidation sites excluding steroid dienone is 2. The third-order valence-corrected chi connectivity index (χ3v) is 4.82. The zero-order valence-electron chi connectivity index (χ0n) is 12.5. The molecular weight excluding hydrogens is 322 g/mol. The molecule has 0 radical (unpaired) electrons. The van der Waals surface area contributed by atoms with Crippen molar-refractivity contribution in [2.24, 2.45) is 5.92 Å². The molecule has 1 atom stereocenters. The molecule has 1 aromatic carbocycles. The molecule has 1 aromatic rings. The average molecular weight is 339 g/mol. The molecule has 0 saturated carbocycles. The highest BCUT2D eigenvalue weighted by atomic mass is 32.2. The second-order valence-corrected chi connectivity index (χ2v) is 7.01. The summed E-state index contributed by atoms with van der Waals surface area (Å²) in [6.45, 7) is 1.51. The fourth-order valence-electron chi connectivity index (χ4n) is 2.29. The zero-order valence-corrected chi connectivity index (χ0v) is 13.3. The van der Waals surface area contributed by atoms with Crippen LogP contribution in [0, 0.1) is 23.0 Å². The Balaban J connectivity index is 2.04. The van der Waals surface area contributed by atoms with Crippen molar-refractivity contribution in [3.8, 4) is 0 Å². The van der Waals surface area contributed by atoms with Crippen LogP contribution in [0.1, 0.15) is 24.8 Å². The summed E-state index contributed by atoms with van der Waals surface area (Å²) in [5.74, 6) is -0.341. The fourth-order valence-corrected chi connectivity index (χ4v) is 3.17. The minimum Gasteiger partial charge on any atom is -0.278 e. The molecule has 0 unspecified atom stereocenters. The Morgan fingerprint density at radius 1 is 1.43 bits per heavy atom. The summed E-state index contributed by atoms with van der Waals surface area (Å²) in [6.07, 6.45) is 5.87. The first-order valence-electron chi connectivity index (χ1n) is 7.02. The van der Waals surface area contributed by atoms with Crippen LogP contribution in [-0.4, -0.2) is 19.2 Å². The maximum Gasteiger partial charge on any atom is 0.273 e. The molecule has 1 amide bonds. The van der Waals surface area contributed by atoms with Crippen LogP contribution >= 0.6 is 0 Å². The smallest absolute Gasteiger partial charge is 0.273 e. The highest BCUT2D eigenvalue weighted by molar-refractivity contribution is 7.89. The van der Waals surface area contributed by atoms with Gasteiger partial charge in [-0.2, -0.15) is 0 Å². The first kappa shape index (κ1) is 17.1. The summed E-state index contributed by atoms with van der Waals surface area (Å²) >= 11 is 0. The maximum atomic E-state index is 12.1. The van der Waals surface area contributed by atoms with Gasteiger partial charge in [0.15, 0.2) is 0 Å². The van der Waals surface area contributed by atoms with Crippen LogP contribution in [0.5, 0.6) is 0 Å². The van der Waals surface area contributed by atoms with E-state index in [0.717, 1.165) is 18.9 Å².